The Morgan fingerprint density at radius 2 is 1.85 bits per heavy atom. The fraction of sp³-hybridized carbons (Fsp3) is 0.900. The van der Waals surface area contributed by atoms with Crippen molar-refractivity contribution in [1.82, 2.24) is 5.32 Å². The summed E-state index contributed by atoms with van der Waals surface area (Å²) in [6, 6.07) is -0.0556. The van der Waals surface area contributed by atoms with E-state index in [1.165, 1.54) is 0 Å². The lowest BCUT2D eigenvalue weighted by atomic mass is 10.00. The Kier molecular flexibility index (Phi) is 5.00. The van der Waals surface area contributed by atoms with Crippen LogP contribution >= 0.6 is 11.8 Å². The minimum atomic E-state index is -0.0556. The topological polar surface area (TPSA) is 29.1 Å². The molecule has 2 nitrogen and oxygen atoms in total. The molecule has 1 N–H and O–H groups in total. The van der Waals surface area contributed by atoms with E-state index in [9.17, 15) is 4.79 Å². The highest BCUT2D eigenvalue weighted by Gasteiger charge is 2.32. The van der Waals surface area contributed by atoms with Crippen LogP contribution in [0.25, 0.3) is 0 Å². The van der Waals surface area contributed by atoms with Crippen LogP contribution in [0.5, 0.6) is 0 Å². The van der Waals surface area contributed by atoms with Crippen LogP contribution in [0, 0.1) is 0 Å². The fourth-order valence-corrected chi connectivity index (χ4v) is 3.35. The summed E-state index contributed by atoms with van der Waals surface area (Å²) in [5.41, 5.74) is 0. The molecule has 0 aromatic heterocycles. The molecule has 0 saturated heterocycles. The van der Waals surface area contributed by atoms with Crippen molar-refractivity contribution >= 4 is 17.5 Å². The average Bonchev–Trinajstić information content (AvgIpc) is 1.82. The predicted molar refractivity (Wildman–Crippen MR) is 60.3 cm³/mol. The molecule has 0 aliphatic heterocycles. The van der Waals surface area contributed by atoms with Crippen molar-refractivity contribution in [3.8, 4) is 0 Å². The third-order valence-electron chi connectivity index (χ3n) is 1.93. The van der Waals surface area contributed by atoms with E-state index in [1.54, 1.807) is 6.92 Å². The van der Waals surface area contributed by atoms with Crippen molar-refractivity contribution in [2.75, 3.05) is 7.05 Å². The van der Waals surface area contributed by atoms with E-state index < -0.39 is 0 Å². The zero-order chi connectivity index (χ0) is 10.6. The summed E-state index contributed by atoms with van der Waals surface area (Å²) in [6.07, 6.45) is 0. The van der Waals surface area contributed by atoms with Gasteiger partial charge in [0.15, 0.2) is 0 Å². The molecule has 0 saturated carbocycles. The second-order valence-electron chi connectivity index (χ2n) is 4.10. The first kappa shape index (κ1) is 13.0. The number of thioether (sulfide) groups is 1. The molecule has 0 aromatic carbocycles. The Labute approximate surface area is 85.9 Å². The van der Waals surface area contributed by atoms with Crippen molar-refractivity contribution in [3.05, 3.63) is 0 Å². The van der Waals surface area contributed by atoms with Gasteiger partial charge in [-0.3, -0.25) is 4.79 Å². The molecule has 13 heavy (non-hydrogen) atoms. The number of hydrogen-bond donors (Lipinski definition) is 1. The number of Topliss-reactive ketones (excluding diaryl/α,β-unsaturated/α-hetero) is 1. The molecule has 0 rings (SSSR count). The van der Waals surface area contributed by atoms with Gasteiger partial charge in [0.2, 0.25) is 0 Å². The Hall–Kier alpha value is -0.0200. The molecule has 1 atom stereocenters. The molecule has 0 aliphatic rings. The number of ketones is 1. The molecule has 0 spiro atoms. The van der Waals surface area contributed by atoms with E-state index >= 15 is 0 Å². The Morgan fingerprint density at radius 3 is 2.08 bits per heavy atom. The summed E-state index contributed by atoms with van der Waals surface area (Å²) in [6.45, 7) is 10.2. The van der Waals surface area contributed by atoms with Gasteiger partial charge in [-0.2, -0.15) is 11.8 Å². The number of nitrogens with one attached hydrogen (secondary N) is 1. The van der Waals surface area contributed by atoms with Crippen LogP contribution < -0.4 is 5.32 Å². The number of carbonyl (C=O) groups excluding carboxylic acids is 1. The molecule has 1 unspecified atom stereocenters. The van der Waals surface area contributed by atoms with E-state index in [0.717, 1.165) is 0 Å². The molecule has 0 bridgehead atoms. The van der Waals surface area contributed by atoms with Gasteiger partial charge in [-0.25, -0.2) is 0 Å². The summed E-state index contributed by atoms with van der Waals surface area (Å²) in [5.74, 6) is 0.209. The largest absolute Gasteiger partial charge is 0.309 e. The minimum Gasteiger partial charge on any atom is -0.309 e. The highest BCUT2D eigenvalue weighted by Crippen LogP contribution is 2.31. The van der Waals surface area contributed by atoms with Gasteiger partial charge in [-0.15, -0.1) is 0 Å². The Balaban J connectivity index is 4.47. The van der Waals surface area contributed by atoms with Crippen LogP contribution in [-0.2, 0) is 4.79 Å². The maximum absolute atomic E-state index is 11.3. The SMILES string of the molecule is CNC(C(C)=O)C(C)(C)SC(C)C. The molecule has 0 heterocycles. The zero-order valence-corrected chi connectivity index (χ0v) is 10.3. The van der Waals surface area contributed by atoms with E-state index in [-0.39, 0.29) is 16.6 Å². The lowest BCUT2D eigenvalue weighted by molar-refractivity contribution is -0.119. The van der Waals surface area contributed by atoms with Gasteiger partial charge < -0.3 is 5.32 Å². The molecule has 0 aromatic rings. The van der Waals surface area contributed by atoms with Gasteiger partial charge >= 0.3 is 0 Å². The average molecular weight is 203 g/mol. The smallest absolute Gasteiger partial charge is 0.148 e. The van der Waals surface area contributed by atoms with Gasteiger partial charge in [0, 0.05) is 4.75 Å². The summed E-state index contributed by atoms with van der Waals surface area (Å²) in [5, 5.41) is 3.62. The normalized spacial score (nSPS) is 14.7. The third kappa shape index (κ3) is 4.14. The van der Waals surface area contributed by atoms with E-state index in [2.05, 4.69) is 33.0 Å². The van der Waals surface area contributed by atoms with Crippen molar-refractivity contribution < 1.29 is 4.79 Å². The lowest BCUT2D eigenvalue weighted by Crippen LogP contribution is -2.48. The molecule has 0 radical (unpaired) electrons. The minimum absolute atomic E-state index is 0.0330. The molecule has 0 aliphatic carbocycles. The van der Waals surface area contributed by atoms with Crippen LogP contribution in [0.2, 0.25) is 0 Å². The highest BCUT2D eigenvalue weighted by atomic mass is 32.2. The molecule has 3 heteroatoms. The van der Waals surface area contributed by atoms with Gasteiger partial charge in [0.25, 0.3) is 0 Å². The maximum Gasteiger partial charge on any atom is 0.148 e. The van der Waals surface area contributed by atoms with Gasteiger partial charge in [-0.05, 0) is 33.1 Å². The highest BCUT2D eigenvalue weighted by molar-refractivity contribution is 8.01. The standard InChI is InChI=1S/C10H21NOS/c1-7(2)13-10(4,5)9(11-6)8(3)12/h7,9,11H,1-6H3. The number of rotatable bonds is 5. The zero-order valence-electron chi connectivity index (χ0n) is 9.47. The second kappa shape index (κ2) is 5.01. The number of carbonyl (C=O) groups is 1. The monoisotopic (exact) mass is 203 g/mol. The van der Waals surface area contributed by atoms with E-state index in [4.69, 9.17) is 0 Å². The first-order chi connectivity index (χ1) is 5.81. The van der Waals surface area contributed by atoms with Crippen molar-refractivity contribution in [2.45, 2.75) is 50.7 Å². The van der Waals surface area contributed by atoms with Crippen LogP contribution in [-0.4, -0.2) is 28.9 Å². The third-order valence-corrected chi connectivity index (χ3v) is 3.24. The van der Waals surface area contributed by atoms with Crippen LogP contribution in [0.1, 0.15) is 34.6 Å². The molecule has 0 fully saturated rings. The Bertz CT molecular complexity index is 178. The lowest BCUT2D eigenvalue weighted by Gasteiger charge is -2.33. The van der Waals surface area contributed by atoms with Crippen molar-refractivity contribution in [1.29, 1.82) is 0 Å². The molecular weight excluding hydrogens is 182 g/mol. The molecule has 78 valence electrons. The van der Waals surface area contributed by atoms with Gasteiger partial charge in [0.1, 0.15) is 5.78 Å². The van der Waals surface area contributed by atoms with Gasteiger partial charge in [0.05, 0.1) is 6.04 Å². The van der Waals surface area contributed by atoms with Crippen LogP contribution in [0.3, 0.4) is 0 Å². The summed E-state index contributed by atoms with van der Waals surface area (Å²) >= 11 is 1.83. The fourth-order valence-electron chi connectivity index (χ4n) is 1.72. The quantitative estimate of drug-likeness (QED) is 0.742. The predicted octanol–water partition coefficient (Wildman–Crippen LogP) is 2.08. The van der Waals surface area contributed by atoms with Crippen LogP contribution in [0.4, 0.5) is 0 Å². The second-order valence-corrected chi connectivity index (χ2v) is 6.33. The first-order valence-electron chi connectivity index (χ1n) is 4.66. The number of likely N-dealkylation sites (N-methyl/N-ethyl adjacent to an activating group) is 1. The summed E-state index contributed by atoms with van der Waals surface area (Å²) in [4.78, 5) is 11.3. The molecular formula is C10H21NOS. The molecule has 0 amide bonds. The first-order valence-corrected chi connectivity index (χ1v) is 5.54. The number of hydrogen-bond acceptors (Lipinski definition) is 3. The van der Waals surface area contributed by atoms with Gasteiger partial charge in [-0.1, -0.05) is 13.8 Å². The maximum atomic E-state index is 11.3. The van der Waals surface area contributed by atoms with Crippen molar-refractivity contribution in [3.63, 3.8) is 0 Å². The summed E-state index contributed by atoms with van der Waals surface area (Å²) in [7, 11) is 1.84. The van der Waals surface area contributed by atoms with E-state index in [0.29, 0.717) is 5.25 Å². The van der Waals surface area contributed by atoms with E-state index in [1.807, 2.05) is 18.8 Å². The Morgan fingerprint density at radius 1 is 1.38 bits per heavy atom. The van der Waals surface area contributed by atoms with Crippen molar-refractivity contribution in [2.24, 2.45) is 0 Å². The summed E-state index contributed by atoms with van der Waals surface area (Å²) < 4.78 is -0.0330. The van der Waals surface area contributed by atoms with Crippen LogP contribution in [0.15, 0.2) is 0 Å².